The number of ether oxygens (including phenoxy) is 2. The minimum atomic E-state index is -4.32. The Bertz CT molecular complexity index is 777. The Morgan fingerprint density at radius 1 is 1.27 bits per heavy atom. The van der Waals surface area contributed by atoms with Gasteiger partial charge in [0.1, 0.15) is 28.0 Å². The lowest BCUT2D eigenvalue weighted by molar-refractivity contribution is -0.173. The van der Waals surface area contributed by atoms with Gasteiger partial charge in [-0.1, -0.05) is 0 Å². The number of fused-ring (bicyclic) bond motifs is 1. The number of carbonyl (C=O) groups is 1. The van der Waals surface area contributed by atoms with Crippen molar-refractivity contribution >= 4 is 33.3 Å². The molecule has 6 nitrogen and oxygen atoms in total. The number of nitrogens with zero attached hydrogens (tertiary/aromatic N) is 2. The topological polar surface area (TPSA) is 73.3 Å². The maximum atomic E-state index is 12.1. The van der Waals surface area contributed by atoms with Crippen LogP contribution in [-0.2, 0) is 9.47 Å². The van der Waals surface area contributed by atoms with Crippen molar-refractivity contribution in [3.05, 3.63) is 16.3 Å². The zero-order chi connectivity index (χ0) is 19.3. The summed E-state index contributed by atoms with van der Waals surface area (Å²) in [6.07, 6.45) is -3.94. The minimum absolute atomic E-state index is 0.0174. The molecule has 0 aliphatic heterocycles. The summed E-state index contributed by atoms with van der Waals surface area (Å²) in [6.45, 7) is 4.65. The van der Waals surface area contributed by atoms with Gasteiger partial charge in [-0.2, -0.15) is 13.2 Å². The number of aromatic nitrogens is 2. The first-order valence-electron chi connectivity index (χ1n) is 8.06. The zero-order valence-electron chi connectivity index (χ0n) is 14.7. The number of nitrogens with one attached hydrogen (secondary N) is 1. The summed E-state index contributed by atoms with van der Waals surface area (Å²) in [5, 5.41) is 3.82. The van der Waals surface area contributed by atoms with E-state index in [4.69, 9.17) is 4.74 Å². The summed E-state index contributed by atoms with van der Waals surface area (Å²) < 4.78 is 45.7. The second kappa shape index (κ2) is 8.63. The van der Waals surface area contributed by atoms with Crippen molar-refractivity contribution in [2.75, 3.05) is 31.7 Å². The van der Waals surface area contributed by atoms with Crippen molar-refractivity contribution in [1.29, 1.82) is 0 Å². The largest absolute Gasteiger partial charge is 0.462 e. The lowest BCUT2D eigenvalue weighted by Gasteiger charge is -2.10. The number of aryl methyl sites for hydroxylation is 2. The van der Waals surface area contributed by atoms with Gasteiger partial charge >= 0.3 is 12.1 Å². The molecule has 1 N–H and O–H groups in total. The van der Waals surface area contributed by atoms with E-state index in [1.165, 1.54) is 11.3 Å². The van der Waals surface area contributed by atoms with Crippen molar-refractivity contribution in [3.63, 3.8) is 0 Å². The smallest absolute Gasteiger partial charge is 0.411 e. The fourth-order valence-electron chi connectivity index (χ4n) is 2.33. The van der Waals surface area contributed by atoms with Gasteiger partial charge in [0.25, 0.3) is 0 Å². The maximum Gasteiger partial charge on any atom is 0.411 e. The van der Waals surface area contributed by atoms with Gasteiger partial charge in [-0.15, -0.1) is 11.3 Å². The summed E-state index contributed by atoms with van der Waals surface area (Å²) in [7, 11) is 0. The molecular formula is C16H20F3N3O3S. The molecule has 2 aromatic rings. The lowest BCUT2D eigenvalue weighted by atomic mass is 10.2. The lowest BCUT2D eigenvalue weighted by Crippen LogP contribution is -2.18. The molecule has 10 heteroatoms. The Kier molecular flexibility index (Phi) is 6.76. The van der Waals surface area contributed by atoms with E-state index in [1.54, 1.807) is 20.8 Å². The Hall–Kier alpha value is -1.94. The highest BCUT2D eigenvalue weighted by Gasteiger charge is 2.27. The average molecular weight is 391 g/mol. The van der Waals surface area contributed by atoms with Crippen LogP contribution in [0.15, 0.2) is 0 Å². The molecule has 0 amide bonds. The molecule has 2 rings (SSSR count). The van der Waals surface area contributed by atoms with Crippen LogP contribution in [0, 0.1) is 13.8 Å². The second-order valence-electron chi connectivity index (χ2n) is 5.52. The van der Waals surface area contributed by atoms with Gasteiger partial charge in [-0.25, -0.2) is 14.8 Å². The molecule has 0 aliphatic rings. The molecule has 26 heavy (non-hydrogen) atoms. The van der Waals surface area contributed by atoms with Gasteiger partial charge in [0.2, 0.25) is 0 Å². The normalized spacial score (nSPS) is 11.8. The van der Waals surface area contributed by atoms with Crippen LogP contribution in [0.25, 0.3) is 10.2 Å². The van der Waals surface area contributed by atoms with Gasteiger partial charge < -0.3 is 14.8 Å². The zero-order valence-corrected chi connectivity index (χ0v) is 15.5. The van der Waals surface area contributed by atoms with Gasteiger partial charge in [0, 0.05) is 13.2 Å². The highest BCUT2D eigenvalue weighted by Crippen LogP contribution is 2.34. The maximum absolute atomic E-state index is 12.1. The molecule has 0 spiro atoms. The van der Waals surface area contributed by atoms with E-state index in [-0.39, 0.29) is 13.2 Å². The van der Waals surface area contributed by atoms with Gasteiger partial charge in [-0.3, -0.25) is 0 Å². The van der Waals surface area contributed by atoms with Crippen molar-refractivity contribution in [2.24, 2.45) is 0 Å². The fraction of sp³-hybridized carbons (Fsp3) is 0.562. The van der Waals surface area contributed by atoms with Gasteiger partial charge in [0.05, 0.1) is 12.0 Å². The van der Waals surface area contributed by atoms with Crippen LogP contribution in [-0.4, -0.2) is 48.5 Å². The second-order valence-corrected chi connectivity index (χ2v) is 6.52. The van der Waals surface area contributed by atoms with Gasteiger partial charge in [-0.05, 0) is 32.8 Å². The molecule has 0 saturated carbocycles. The summed E-state index contributed by atoms with van der Waals surface area (Å²) in [5.41, 5.74) is 0.722. The molecule has 0 fully saturated rings. The van der Waals surface area contributed by atoms with Crippen molar-refractivity contribution < 1.29 is 27.4 Å². The quantitative estimate of drug-likeness (QED) is 0.544. The van der Waals surface area contributed by atoms with E-state index in [2.05, 4.69) is 20.0 Å². The highest BCUT2D eigenvalue weighted by atomic mass is 32.1. The SMILES string of the molecule is CCOC(=O)c1sc2nc(C)nc(NCCCOCC(F)(F)F)c2c1C. The van der Waals surface area contributed by atoms with Crippen LogP contribution < -0.4 is 5.32 Å². The summed E-state index contributed by atoms with van der Waals surface area (Å²) in [4.78, 5) is 21.9. The van der Waals surface area contributed by atoms with Gasteiger partial charge in [0.15, 0.2) is 0 Å². The standard InChI is InChI=1S/C16H20F3N3O3S/c1-4-25-15(23)12-9(2)11-13(21-10(3)22-14(11)26-12)20-6-5-7-24-8-16(17,18)19/h4-8H2,1-3H3,(H,20,21,22). The number of hydrogen-bond acceptors (Lipinski definition) is 7. The first-order valence-corrected chi connectivity index (χ1v) is 8.87. The Labute approximate surface area is 152 Å². The third kappa shape index (κ3) is 5.28. The molecule has 0 aliphatic carbocycles. The molecule has 0 saturated heterocycles. The van der Waals surface area contributed by atoms with Crippen LogP contribution in [0.3, 0.4) is 0 Å². The number of carbonyl (C=O) groups excluding carboxylic acids is 1. The van der Waals surface area contributed by atoms with E-state index in [9.17, 15) is 18.0 Å². The number of rotatable bonds is 8. The summed E-state index contributed by atoms with van der Waals surface area (Å²) >= 11 is 1.24. The Morgan fingerprint density at radius 2 is 2.00 bits per heavy atom. The molecule has 0 radical (unpaired) electrons. The number of hydrogen-bond donors (Lipinski definition) is 1. The van der Waals surface area contributed by atoms with Crippen molar-refractivity contribution in [1.82, 2.24) is 9.97 Å². The molecular weight excluding hydrogens is 371 g/mol. The van der Waals surface area contributed by atoms with Crippen LogP contribution in [0.5, 0.6) is 0 Å². The number of halogens is 3. The molecule has 2 aromatic heterocycles. The van der Waals surface area contributed by atoms with E-state index in [0.29, 0.717) is 34.3 Å². The highest BCUT2D eigenvalue weighted by molar-refractivity contribution is 7.20. The van der Waals surface area contributed by atoms with Crippen LogP contribution in [0.4, 0.5) is 19.0 Å². The van der Waals surface area contributed by atoms with Crippen LogP contribution >= 0.6 is 11.3 Å². The minimum Gasteiger partial charge on any atom is -0.462 e. The molecule has 2 heterocycles. The van der Waals surface area contributed by atoms with Crippen LogP contribution in [0.1, 0.15) is 34.4 Å². The average Bonchev–Trinajstić information content (AvgIpc) is 2.86. The van der Waals surface area contributed by atoms with Crippen LogP contribution in [0.2, 0.25) is 0 Å². The predicted octanol–water partition coefficient (Wildman–Crippen LogP) is 3.87. The Balaban J connectivity index is 2.08. The molecule has 0 bridgehead atoms. The third-order valence-electron chi connectivity index (χ3n) is 3.39. The summed E-state index contributed by atoms with van der Waals surface area (Å²) in [6, 6.07) is 0. The monoisotopic (exact) mass is 391 g/mol. The molecule has 0 unspecified atom stereocenters. The van der Waals surface area contributed by atoms with E-state index < -0.39 is 18.8 Å². The molecule has 144 valence electrons. The van der Waals surface area contributed by atoms with E-state index in [0.717, 1.165) is 10.9 Å². The number of anilines is 1. The first kappa shape index (κ1) is 20.4. The first-order chi connectivity index (χ1) is 12.2. The van der Waals surface area contributed by atoms with Crippen molar-refractivity contribution in [2.45, 2.75) is 33.4 Å². The fourth-order valence-corrected chi connectivity index (χ4v) is 3.45. The summed E-state index contributed by atoms with van der Waals surface area (Å²) in [5.74, 6) is 0.676. The molecule has 0 aromatic carbocycles. The predicted molar refractivity (Wildman–Crippen MR) is 92.8 cm³/mol. The number of alkyl halides is 3. The van der Waals surface area contributed by atoms with Crippen molar-refractivity contribution in [3.8, 4) is 0 Å². The number of esters is 1. The Morgan fingerprint density at radius 3 is 2.65 bits per heavy atom. The van der Waals surface area contributed by atoms with E-state index in [1.807, 2.05) is 0 Å². The molecule has 0 atom stereocenters. The third-order valence-corrected chi connectivity index (χ3v) is 4.55. The van der Waals surface area contributed by atoms with E-state index >= 15 is 0 Å². The number of thiophene rings is 1.